The van der Waals surface area contributed by atoms with Gasteiger partial charge in [0.05, 0.1) is 20.3 Å². The van der Waals surface area contributed by atoms with E-state index in [2.05, 4.69) is 32.3 Å². The summed E-state index contributed by atoms with van der Waals surface area (Å²) in [6.07, 6.45) is 0.0307. The minimum absolute atomic E-state index is 0.000303. The number of hydrogen-bond acceptors (Lipinski definition) is 4. The van der Waals surface area contributed by atoms with E-state index in [1.54, 1.807) is 14.2 Å². The molecule has 4 nitrogen and oxygen atoms in total. The van der Waals surface area contributed by atoms with E-state index in [1.165, 1.54) is 0 Å². The summed E-state index contributed by atoms with van der Waals surface area (Å²) in [6.45, 7) is 8.56. The fraction of sp³-hybridized carbons (Fsp3) is 0.600. The summed E-state index contributed by atoms with van der Waals surface area (Å²) in [5.41, 5.74) is 5.26. The van der Waals surface area contributed by atoms with E-state index in [1.807, 2.05) is 13.0 Å². The summed E-state index contributed by atoms with van der Waals surface area (Å²) in [7, 11) is 3.31. The maximum Gasteiger partial charge on any atom is 0.128 e. The second-order valence-corrected chi connectivity index (χ2v) is 5.97. The number of ether oxygens (including phenoxy) is 2. The highest BCUT2D eigenvalue weighted by molar-refractivity contribution is 5.54. The molecule has 0 aromatic heterocycles. The summed E-state index contributed by atoms with van der Waals surface area (Å²) in [6, 6.07) is 4.10. The number of rotatable bonds is 3. The summed E-state index contributed by atoms with van der Waals surface area (Å²) in [5, 5.41) is 0. The summed E-state index contributed by atoms with van der Waals surface area (Å²) in [4.78, 5) is 5.08. The highest BCUT2D eigenvalue weighted by Crippen LogP contribution is 2.45. The van der Waals surface area contributed by atoms with Crippen LogP contribution in [0.5, 0.6) is 11.5 Å². The lowest BCUT2D eigenvalue weighted by molar-refractivity contribution is 0.0337. The first kappa shape index (κ1) is 14.2. The van der Waals surface area contributed by atoms with Gasteiger partial charge in [-0.2, -0.15) is 5.48 Å². The molecule has 1 aromatic rings. The number of nitrogens with one attached hydrogen (secondary N) is 1. The van der Waals surface area contributed by atoms with Gasteiger partial charge >= 0.3 is 0 Å². The van der Waals surface area contributed by atoms with Crippen molar-refractivity contribution < 1.29 is 14.3 Å². The topological polar surface area (TPSA) is 39.7 Å². The third-order valence-corrected chi connectivity index (χ3v) is 3.49. The van der Waals surface area contributed by atoms with Gasteiger partial charge in [0.25, 0.3) is 0 Å². The van der Waals surface area contributed by atoms with Gasteiger partial charge in [-0.1, -0.05) is 20.8 Å². The third kappa shape index (κ3) is 2.55. The first-order chi connectivity index (χ1) is 8.88. The van der Waals surface area contributed by atoms with Gasteiger partial charge in [-0.3, -0.25) is 0 Å². The maximum atomic E-state index is 6.03. The van der Waals surface area contributed by atoms with Crippen molar-refractivity contribution in [2.45, 2.75) is 45.3 Å². The van der Waals surface area contributed by atoms with Crippen molar-refractivity contribution in [1.82, 2.24) is 5.48 Å². The lowest BCUT2D eigenvalue weighted by Crippen LogP contribution is -2.27. The molecule has 0 spiro atoms. The number of fused-ring (bicyclic) bond motifs is 1. The van der Waals surface area contributed by atoms with E-state index in [-0.39, 0.29) is 17.6 Å². The van der Waals surface area contributed by atoms with Crippen LogP contribution in [0.2, 0.25) is 0 Å². The van der Waals surface area contributed by atoms with Crippen molar-refractivity contribution in [2.75, 3.05) is 14.2 Å². The Kier molecular flexibility index (Phi) is 3.74. The molecule has 0 amide bonds. The SMILES string of the molecule is CONC1c2cc(OC)cc(C(C)(C)C)c2OC1C. The van der Waals surface area contributed by atoms with Crippen LogP contribution in [-0.4, -0.2) is 20.3 Å². The molecule has 2 unspecified atom stereocenters. The average molecular weight is 265 g/mol. The number of methoxy groups -OCH3 is 1. The molecule has 1 heterocycles. The Balaban J connectivity index is 2.56. The Labute approximate surface area is 115 Å². The molecular formula is C15H23NO3. The van der Waals surface area contributed by atoms with Crippen molar-refractivity contribution in [2.24, 2.45) is 0 Å². The lowest BCUT2D eigenvalue weighted by atomic mass is 9.84. The Morgan fingerprint density at radius 1 is 1.21 bits per heavy atom. The largest absolute Gasteiger partial charge is 0.497 e. The molecule has 2 rings (SSSR count). The van der Waals surface area contributed by atoms with Crippen molar-refractivity contribution in [3.05, 3.63) is 23.3 Å². The second-order valence-electron chi connectivity index (χ2n) is 5.97. The van der Waals surface area contributed by atoms with Gasteiger partial charge in [0.15, 0.2) is 0 Å². The van der Waals surface area contributed by atoms with E-state index in [4.69, 9.17) is 14.3 Å². The highest BCUT2D eigenvalue weighted by Gasteiger charge is 2.36. The molecule has 1 aromatic carbocycles. The van der Waals surface area contributed by atoms with Crippen LogP contribution in [0.25, 0.3) is 0 Å². The molecule has 4 heteroatoms. The molecule has 0 saturated carbocycles. The summed E-state index contributed by atoms with van der Waals surface area (Å²) >= 11 is 0. The van der Waals surface area contributed by atoms with E-state index < -0.39 is 0 Å². The molecule has 0 bridgehead atoms. The Hall–Kier alpha value is -1.26. The molecule has 19 heavy (non-hydrogen) atoms. The van der Waals surface area contributed by atoms with Gasteiger partial charge in [-0.25, -0.2) is 0 Å². The molecular weight excluding hydrogens is 242 g/mol. The van der Waals surface area contributed by atoms with Crippen LogP contribution < -0.4 is 15.0 Å². The normalized spacial score (nSPS) is 22.0. The highest BCUT2D eigenvalue weighted by atomic mass is 16.6. The number of hydrogen-bond donors (Lipinski definition) is 1. The monoisotopic (exact) mass is 265 g/mol. The first-order valence-corrected chi connectivity index (χ1v) is 6.56. The van der Waals surface area contributed by atoms with Gasteiger partial charge < -0.3 is 14.3 Å². The van der Waals surface area contributed by atoms with Crippen LogP contribution in [0, 0.1) is 0 Å². The molecule has 2 atom stereocenters. The van der Waals surface area contributed by atoms with E-state index in [9.17, 15) is 0 Å². The Morgan fingerprint density at radius 3 is 2.42 bits per heavy atom. The molecule has 0 radical (unpaired) electrons. The lowest BCUT2D eigenvalue weighted by Gasteiger charge is -2.23. The van der Waals surface area contributed by atoms with Crippen molar-refractivity contribution >= 4 is 0 Å². The molecule has 1 N–H and O–H groups in total. The quantitative estimate of drug-likeness (QED) is 0.853. The molecule has 0 saturated heterocycles. The van der Waals surface area contributed by atoms with Crippen molar-refractivity contribution in [3.63, 3.8) is 0 Å². The van der Waals surface area contributed by atoms with E-state index >= 15 is 0 Å². The zero-order valence-corrected chi connectivity index (χ0v) is 12.5. The second kappa shape index (κ2) is 5.02. The van der Waals surface area contributed by atoms with Gasteiger partial charge in [0.2, 0.25) is 0 Å². The van der Waals surface area contributed by atoms with E-state index in [0.29, 0.717) is 0 Å². The third-order valence-electron chi connectivity index (χ3n) is 3.49. The van der Waals surface area contributed by atoms with Gasteiger partial charge in [-0.05, 0) is 24.5 Å². The van der Waals surface area contributed by atoms with Crippen LogP contribution in [0.1, 0.15) is 44.9 Å². The van der Waals surface area contributed by atoms with Crippen LogP contribution in [0.4, 0.5) is 0 Å². The van der Waals surface area contributed by atoms with Crippen LogP contribution >= 0.6 is 0 Å². The molecule has 0 fully saturated rings. The number of hydroxylamine groups is 1. The fourth-order valence-corrected chi connectivity index (χ4v) is 2.45. The van der Waals surface area contributed by atoms with Crippen LogP contribution in [0.3, 0.4) is 0 Å². The Morgan fingerprint density at radius 2 is 1.89 bits per heavy atom. The average Bonchev–Trinajstić information content (AvgIpc) is 2.64. The summed E-state index contributed by atoms with van der Waals surface area (Å²) < 4.78 is 11.4. The fourth-order valence-electron chi connectivity index (χ4n) is 2.45. The number of benzene rings is 1. The summed E-state index contributed by atoms with van der Waals surface area (Å²) in [5.74, 6) is 1.81. The predicted octanol–water partition coefficient (Wildman–Crippen LogP) is 2.97. The first-order valence-electron chi connectivity index (χ1n) is 6.56. The minimum atomic E-state index is 0.000303. The van der Waals surface area contributed by atoms with Crippen molar-refractivity contribution in [1.29, 1.82) is 0 Å². The zero-order chi connectivity index (χ0) is 14.2. The molecule has 106 valence electrons. The molecule has 1 aliphatic heterocycles. The zero-order valence-electron chi connectivity index (χ0n) is 12.5. The van der Waals surface area contributed by atoms with Crippen LogP contribution in [0.15, 0.2) is 12.1 Å². The van der Waals surface area contributed by atoms with Crippen LogP contribution in [-0.2, 0) is 10.3 Å². The van der Waals surface area contributed by atoms with E-state index in [0.717, 1.165) is 22.6 Å². The minimum Gasteiger partial charge on any atom is -0.497 e. The molecule has 0 aliphatic carbocycles. The van der Waals surface area contributed by atoms with Gasteiger partial charge in [0, 0.05) is 11.1 Å². The predicted molar refractivity (Wildman–Crippen MR) is 74.7 cm³/mol. The Bertz CT molecular complexity index is 465. The van der Waals surface area contributed by atoms with Gasteiger partial charge in [-0.15, -0.1) is 0 Å². The smallest absolute Gasteiger partial charge is 0.128 e. The van der Waals surface area contributed by atoms with Crippen molar-refractivity contribution in [3.8, 4) is 11.5 Å². The standard InChI is InChI=1S/C15H23NO3/c1-9-13(16-18-6)11-7-10(17-5)8-12(14(11)19-9)15(2,3)4/h7-9,13,16H,1-6H3. The van der Waals surface area contributed by atoms with Gasteiger partial charge in [0.1, 0.15) is 17.6 Å². The maximum absolute atomic E-state index is 6.03. The molecule has 1 aliphatic rings.